The molecule has 0 radical (unpaired) electrons. The van der Waals surface area contributed by atoms with Gasteiger partial charge in [-0.25, -0.2) is 4.79 Å². The fourth-order valence-corrected chi connectivity index (χ4v) is 2.79. The molecule has 0 spiro atoms. The highest BCUT2D eigenvalue weighted by molar-refractivity contribution is 6.03. The molecule has 3 rings (SSSR count). The van der Waals surface area contributed by atoms with Crippen LogP contribution in [-0.4, -0.2) is 29.0 Å². The van der Waals surface area contributed by atoms with Crippen LogP contribution in [-0.2, 0) is 4.79 Å². The first-order valence-corrected chi connectivity index (χ1v) is 7.51. The van der Waals surface area contributed by atoms with Crippen molar-refractivity contribution in [3.8, 4) is 0 Å². The minimum absolute atomic E-state index is 0.0357. The zero-order chi connectivity index (χ0) is 16.2. The summed E-state index contributed by atoms with van der Waals surface area (Å²) >= 11 is 0. The Hall–Kier alpha value is -2.89. The summed E-state index contributed by atoms with van der Waals surface area (Å²) < 4.78 is 0. The van der Waals surface area contributed by atoms with E-state index in [4.69, 9.17) is 0 Å². The third-order valence-electron chi connectivity index (χ3n) is 3.81. The summed E-state index contributed by atoms with van der Waals surface area (Å²) in [6.45, 7) is 1.98. The lowest BCUT2D eigenvalue weighted by molar-refractivity contribution is -0.118. The molecular formula is C17H18N4O2. The van der Waals surface area contributed by atoms with Gasteiger partial charge in [0, 0.05) is 17.9 Å². The van der Waals surface area contributed by atoms with Crippen molar-refractivity contribution in [3.63, 3.8) is 0 Å². The number of carbonyl (C=O) groups excluding carboxylic acids is 2. The number of hydrogen-bond acceptors (Lipinski definition) is 3. The number of urea groups is 1. The molecule has 1 aromatic heterocycles. The van der Waals surface area contributed by atoms with E-state index in [1.165, 1.54) is 0 Å². The Morgan fingerprint density at radius 1 is 1.22 bits per heavy atom. The molecule has 6 nitrogen and oxygen atoms in total. The molecular weight excluding hydrogens is 292 g/mol. The molecule has 1 saturated heterocycles. The summed E-state index contributed by atoms with van der Waals surface area (Å²) in [5.41, 5.74) is 1.44. The van der Waals surface area contributed by atoms with Gasteiger partial charge in [0.15, 0.2) is 0 Å². The minimum atomic E-state index is -0.526. The topological polar surface area (TPSA) is 74.3 Å². The fourth-order valence-electron chi connectivity index (χ4n) is 2.79. The molecule has 6 heteroatoms. The molecule has 1 aliphatic heterocycles. The van der Waals surface area contributed by atoms with Crippen LogP contribution in [0.4, 0.5) is 16.2 Å². The lowest BCUT2D eigenvalue weighted by Gasteiger charge is -2.21. The first kappa shape index (κ1) is 15.0. The summed E-state index contributed by atoms with van der Waals surface area (Å²) in [5.74, 6) is -0.0926. The van der Waals surface area contributed by atoms with E-state index >= 15 is 0 Å². The van der Waals surface area contributed by atoms with E-state index in [2.05, 4.69) is 15.6 Å². The maximum absolute atomic E-state index is 12.6. The summed E-state index contributed by atoms with van der Waals surface area (Å²) in [5, 5.41) is 5.41. The van der Waals surface area contributed by atoms with E-state index in [0.29, 0.717) is 12.1 Å². The Morgan fingerprint density at radius 2 is 2.00 bits per heavy atom. The number of rotatable bonds is 3. The molecule has 0 aliphatic carbocycles. The summed E-state index contributed by atoms with van der Waals surface area (Å²) in [6.07, 6.45) is 3.76. The van der Waals surface area contributed by atoms with Crippen molar-refractivity contribution in [1.82, 2.24) is 10.3 Å². The van der Waals surface area contributed by atoms with Crippen LogP contribution in [0.3, 0.4) is 0 Å². The van der Waals surface area contributed by atoms with Gasteiger partial charge in [-0.3, -0.25) is 9.78 Å². The van der Waals surface area contributed by atoms with Gasteiger partial charge in [0.2, 0.25) is 5.91 Å². The SMILES string of the molecule is C[C@@H]1C[C@@H](NC(=O)Nc2cccnc2)C(=O)N1c1ccccc1. The van der Waals surface area contributed by atoms with Crippen LogP contribution < -0.4 is 15.5 Å². The number of benzene rings is 1. The van der Waals surface area contributed by atoms with Gasteiger partial charge < -0.3 is 15.5 Å². The molecule has 2 aromatic rings. The number of amides is 3. The third-order valence-corrected chi connectivity index (χ3v) is 3.81. The quantitative estimate of drug-likeness (QED) is 0.914. The second-order valence-electron chi connectivity index (χ2n) is 5.52. The summed E-state index contributed by atoms with van der Waals surface area (Å²) in [7, 11) is 0. The Kier molecular flexibility index (Phi) is 4.23. The number of nitrogens with zero attached hydrogens (tertiary/aromatic N) is 2. The zero-order valence-electron chi connectivity index (χ0n) is 12.8. The average Bonchev–Trinajstić information content (AvgIpc) is 2.83. The van der Waals surface area contributed by atoms with E-state index in [0.717, 1.165) is 5.69 Å². The molecule has 1 fully saturated rings. The number of anilines is 2. The average molecular weight is 310 g/mol. The minimum Gasteiger partial charge on any atom is -0.326 e. The van der Waals surface area contributed by atoms with Crippen LogP contribution in [0.25, 0.3) is 0 Å². The van der Waals surface area contributed by atoms with E-state index in [9.17, 15) is 9.59 Å². The second kappa shape index (κ2) is 6.48. The Bertz CT molecular complexity index is 690. The van der Waals surface area contributed by atoms with Crippen LogP contribution in [0.2, 0.25) is 0 Å². The first-order chi connectivity index (χ1) is 11.1. The molecule has 23 heavy (non-hydrogen) atoms. The molecule has 0 saturated carbocycles. The van der Waals surface area contributed by atoms with Gasteiger partial charge in [0.25, 0.3) is 0 Å². The predicted octanol–water partition coefficient (Wildman–Crippen LogP) is 2.40. The van der Waals surface area contributed by atoms with Gasteiger partial charge in [-0.15, -0.1) is 0 Å². The highest BCUT2D eigenvalue weighted by Crippen LogP contribution is 2.26. The van der Waals surface area contributed by atoms with Gasteiger partial charge in [0.05, 0.1) is 11.9 Å². The van der Waals surface area contributed by atoms with Crippen molar-refractivity contribution in [3.05, 3.63) is 54.9 Å². The monoisotopic (exact) mass is 310 g/mol. The molecule has 118 valence electrons. The summed E-state index contributed by atoms with van der Waals surface area (Å²) in [4.78, 5) is 30.3. The van der Waals surface area contributed by atoms with Crippen molar-refractivity contribution in [2.24, 2.45) is 0 Å². The first-order valence-electron chi connectivity index (χ1n) is 7.51. The van der Waals surface area contributed by atoms with Crippen LogP contribution in [0.5, 0.6) is 0 Å². The van der Waals surface area contributed by atoms with Gasteiger partial charge >= 0.3 is 6.03 Å². The molecule has 2 atom stereocenters. The van der Waals surface area contributed by atoms with Gasteiger partial charge in [-0.2, -0.15) is 0 Å². The van der Waals surface area contributed by atoms with E-state index < -0.39 is 12.1 Å². The molecule has 2 N–H and O–H groups in total. The van der Waals surface area contributed by atoms with Crippen LogP contribution in [0, 0.1) is 0 Å². The lowest BCUT2D eigenvalue weighted by atomic mass is 10.2. The third kappa shape index (κ3) is 3.31. The van der Waals surface area contributed by atoms with Crippen molar-refractivity contribution < 1.29 is 9.59 Å². The highest BCUT2D eigenvalue weighted by atomic mass is 16.2. The molecule has 1 aliphatic rings. The maximum atomic E-state index is 12.6. The predicted molar refractivity (Wildman–Crippen MR) is 88.2 cm³/mol. The van der Waals surface area contributed by atoms with E-state index in [1.54, 1.807) is 29.4 Å². The van der Waals surface area contributed by atoms with Crippen LogP contribution >= 0.6 is 0 Å². The highest BCUT2D eigenvalue weighted by Gasteiger charge is 2.38. The van der Waals surface area contributed by atoms with Crippen LogP contribution in [0.15, 0.2) is 54.9 Å². The molecule has 2 heterocycles. The molecule has 0 bridgehead atoms. The van der Waals surface area contributed by atoms with E-state index in [1.807, 2.05) is 37.3 Å². The number of hydrogen-bond donors (Lipinski definition) is 2. The number of nitrogens with one attached hydrogen (secondary N) is 2. The van der Waals surface area contributed by atoms with Crippen molar-refractivity contribution in [2.75, 3.05) is 10.2 Å². The lowest BCUT2D eigenvalue weighted by Crippen LogP contribution is -2.43. The molecule has 1 aromatic carbocycles. The van der Waals surface area contributed by atoms with E-state index in [-0.39, 0.29) is 11.9 Å². The normalized spacial score (nSPS) is 20.4. The van der Waals surface area contributed by atoms with Crippen molar-refractivity contribution in [1.29, 1.82) is 0 Å². The van der Waals surface area contributed by atoms with Gasteiger partial charge in [-0.05, 0) is 37.6 Å². The van der Waals surface area contributed by atoms with Crippen molar-refractivity contribution >= 4 is 23.3 Å². The molecule has 0 unspecified atom stereocenters. The van der Waals surface area contributed by atoms with Crippen molar-refractivity contribution in [2.45, 2.75) is 25.4 Å². The molecule has 3 amide bonds. The fraction of sp³-hybridized carbons (Fsp3) is 0.235. The van der Waals surface area contributed by atoms with Gasteiger partial charge in [0.1, 0.15) is 6.04 Å². The zero-order valence-corrected chi connectivity index (χ0v) is 12.8. The Labute approximate surface area is 134 Å². The number of para-hydroxylation sites is 1. The Balaban J connectivity index is 1.65. The maximum Gasteiger partial charge on any atom is 0.319 e. The van der Waals surface area contributed by atoms with Crippen LogP contribution in [0.1, 0.15) is 13.3 Å². The standard InChI is InChI=1S/C17H18N4O2/c1-12-10-15(16(22)21(12)14-7-3-2-4-8-14)20-17(23)19-13-6-5-9-18-11-13/h2-9,11-12,15H,10H2,1H3,(H2,19,20,23)/t12-,15-/m1/s1. The largest absolute Gasteiger partial charge is 0.326 e. The Morgan fingerprint density at radius 3 is 2.70 bits per heavy atom. The second-order valence-corrected chi connectivity index (χ2v) is 5.52. The number of aromatic nitrogens is 1. The number of pyridine rings is 1. The smallest absolute Gasteiger partial charge is 0.319 e. The summed E-state index contributed by atoms with van der Waals surface area (Å²) in [6, 6.07) is 12.1. The number of carbonyl (C=O) groups is 2. The van der Waals surface area contributed by atoms with Gasteiger partial charge in [-0.1, -0.05) is 18.2 Å².